The standard InChI is InChI=1S/C8H12N2.C7H9IN2/c1-6-7-4-3-5-8(7)10(2)9-6;1-10-6-4-2-3-5(6)7(8)9-10/h3-5H2,1-2H3;2-4H2,1H3. The largest absolute Gasteiger partial charge is 0.272 e. The van der Waals surface area contributed by atoms with Crippen molar-refractivity contribution >= 4 is 22.6 Å². The molecule has 0 saturated heterocycles. The molecule has 0 radical (unpaired) electrons. The van der Waals surface area contributed by atoms with Gasteiger partial charge in [0.15, 0.2) is 0 Å². The second-order valence-electron chi connectivity index (χ2n) is 5.68. The number of rotatable bonds is 0. The molecule has 0 amide bonds. The maximum Gasteiger partial charge on any atom is 0.126 e. The lowest BCUT2D eigenvalue weighted by Gasteiger charge is -1.92. The molecule has 20 heavy (non-hydrogen) atoms. The first-order valence-corrected chi connectivity index (χ1v) is 8.37. The number of aryl methyl sites for hydroxylation is 3. The molecule has 0 aromatic carbocycles. The molecule has 5 heteroatoms. The summed E-state index contributed by atoms with van der Waals surface area (Å²) in [5, 5.41) is 8.69. The molecule has 0 fully saturated rings. The zero-order valence-corrected chi connectivity index (χ0v) is 14.6. The lowest BCUT2D eigenvalue weighted by Crippen LogP contribution is -1.95. The van der Waals surface area contributed by atoms with Crippen LogP contribution in [-0.2, 0) is 39.8 Å². The van der Waals surface area contributed by atoms with Crippen LogP contribution in [0.4, 0.5) is 0 Å². The van der Waals surface area contributed by atoms with Gasteiger partial charge in [-0.1, -0.05) is 0 Å². The van der Waals surface area contributed by atoms with Gasteiger partial charge in [-0.2, -0.15) is 10.2 Å². The molecule has 0 saturated carbocycles. The third-order valence-electron chi connectivity index (χ3n) is 4.38. The number of aromatic nitrogens is 4. The fraction of sp³-hybridized carbons (Fsp3) is 0.600. The third kappa shape index (κ3) is 2.40. The number of hydrogen-bond acceptors (Lipinski definition) is 2. The van der Waals surface area contributed by atoms with Crippen LogP contribution in [-0.4, -0.2) is 19.6 Å². The number of nitrogens with zero attached hydrogens (tertiary/aromatic N) is 4. The topological polar surface area (TPSA) is 35.6 Å². The Labute approximate surface area is 133 Å². The zero-order valence-electron chi connectivity index (χ0n) is 12.4. The lowest BCUT2D eigenvalue weighted by atomic mass is 10.2. The van der Waals surface area contributed by atoms with Gasteiger partial charge in [-0.15, -0.1) is 0 Å². The van der Waals surface area contributed by atoms with E-state index in [1.807, 2.05) is 23.5 Å². The average molecular weight is 384 g/mol. The van der Waals surface area contributed by atoms with Crippen molar-refractivity contribution in [2.75, 3.05) is 0 Å². The molecule has 2 aromatic heterocycles. The maximum absolute atomic E-state index is 4.35. The first-order chi connectivity index (χ1) is 9.58. The molecule has 4 nitrogen and oxygen atoms in total. The molecular weight excluding hydrogens is 363 g/mol. The number of hydrogen-bond donors (Lipinski definition) is 0. The molecule has 0 unspecified atom stereocenters. The minimum Gasteiger partial charge on any atom is -0.272 e. The molecule has 2 aliphatic rings. The van der Waals surface area contributed by atoms with E-state index in [4.69, 9.17) is 0 Å². The van der Waals surface area contributed by atoms with Crippen LogP contribution in [0.2, 0.25) is 0 Å². The van der Waals surface area contributed by atoms with Gasteiger partial charge in [-0.05, 0) is 73.6 Å². The van der Waals surface area contributed by atoms with Crippen molar-refractivity contribution in [1.29, 1.82) is 0 Å². The zero-order chi connectivity index (χ0) is 14.3. The van der Waals surface area contributed by atoms with Gasteiger partial charge in [0, 0.05) is 31.0 Å². The molecule has 2 aromatic rings. The quantitative estimate of drug-likeness (QED) is 0.655. The van der Waals surface area contributed by atoms with Crippen molar-refractivity contribution in [3.63, 3.8) is 0 Å². The Morgan fingerprint density at radius 3 is 2.00 bits per heavy atom. The van der Waals surface area contributed by atoms with Gasteiger partial charge in [0.05, 0.1) is 5.69 Å². The second kappa shape index (κ2) is 5.50. The molecular formula is C15H21IN4. The molecule has 0 aliphatic heterocycles. The summed E-state index contributed by atoms with van der Waals surface area (Å²) in [6, 6.07) is 0. The predicted molar refractivity (Wildman–Crippen MR) is 87.9 cm³/mol. The Hall–Kier alpha value is -0.850. The van der Waals surface area contributed by atoms with E-state index in [0.29, 0.717) is 0 Å². The van der Waals surface area contributed by atoms with Crippen LogP contribution >= 0.6 is 22.6 Å². The minimum atomic E-state index is 1.20. The second-order valence-corrected chi connectivity index (χ2v) is 6.70. The summed E-state index contributed by atoms with van der Waals surface area (Å²) >= 11 is 2.31. The van der Waals surface area contributed by atoms with E-state index in [0.717, 1.165) is 0 Å². The summed E-state index contributed by atoms with van der Waals surface area (Å²) < 4.78 is 5.24. The van der Waals surface area contributed by atoms with Gasteiger partial charge < -0.3 is 0 Å². The van der Waals surface area contributed by atoms with Gasteiger partial charge in [0.2, 0.25) is 0 Å². The van der Waals surface area contributed by atoms with Crippen molar-refractivity contribution < 1.29 is 0 Å². The van der Waals surface area contributed by atoms with Crippen LogP contribution in [0.5, 0.6) is 0 Å². The first kappa shape index (κ1) is 14.1. The Kier molecular flexibility index (Phi) is 3.88. The summed E-state index contributed by atoms with van der Waals surface area (Å²) in [6.07, 6.45) is 7.57. The van der Waals surface area contributed by atoms with E-state index in [1.54, 1.807) is 0 Å². The molecule has 108 valence electrons. The van der Waals surface area contributed by atoms with Crippen LogP contribution in [0, 0.1) is 10.6 Å². The summed E-state index contributed by atoms with van der Waals surface area (Å²) in [4.78, 5) is 0. The van der Waals surface area contributed by atoms with E-state index < -0.39 is 0 Å². The minimum absolute atomic E-state index is 1.20. The SMILES string of the molecule is Cc1nn(C)c2c1CCC2.Cn1nc(I)c2c1CCC2. The van der Waals surface area contributed by atoms with Gasteiger partial charge in [-0.25, -0.2) is 0 Å². The highest BCUT2D eigenvalue weighted by Gasteiger charge is 2.19. The fourth-order valence-electron chi connectivity index (χ4n) is 3.38. The van der Waals surface area contributed by atoms with Crippen molar-refractivity contribution in [1.82, 2.24) is 19.6 Å². The molecule has 0 N–H and O–H groups in total. The average Bonchev–Trinajstić information content (AvgIpc) is 3.13. The Morgan fingerprint density at radius 1 is 0.850 bits per heavy atom. The van der Waals surface area contributed by atoms with E-state index >= 15 is 0 Å². The van der Waals surface area contributed by atoms with Crippen LogP contribution in [0.3, 0.4) is 0 Å². The van der Waals surface area contributed by atoms with Gasteiger partial charge >= 0.3 is 0 Å². The predicted octanol–water partition coefficient (Wildman–Crippen LogP) is 2.73. The Morgan fingerprint density at radius 2 is 1.40 bits per heavy atom. The molecule has 0 atom stereocenters. The van der Waals surface area contributed by atoms with Crippen LogP contribution < -0.4 is 0 Å². The summed E-state index contributed by atoms with van der Waals surface area (Å²) in [5.74, 6) is 0. The smallest absolute Gasteiger partial charge is 0.126 e. The van der Waals surface area contributed by atoms with Crippen molar-refractivity contribution in [3.8, 4) is 0 Å². The maximum atomic E-state index is 4.35. The van der Waals surface area contributed by atoms with E-state index in [9.17, 15) is 0 Å². The first-order valence-electron chi connectivity index (χ1n) is 7.29. The van der Waals surface area contributed by atoms with Crippen LogP contribution in [0.15, 0.2) is 0 Å². The molecule has 4 rings (SSSR count). The summed E-state index contributed by atoms with van der Waals surface area (Å²) in [7, 11) is 4.07. The molecule has 2 aliphatic carbocycles. The fourth-order valence-corrected chi connectivity index (χ4v) is 4.28. The number of fused-ring (bicyclic) bond motifs is 2. The normalized spacial score (nSPS) is 15.8. The van der Waals surface area contributed by atoms with E-state index in [-0.39, 0.29) is 0 Å². The van der Waals surface area contributed by atoms with Crippen molar-refractivity contribution in [2.45, 2.75) is 45.4 Å². The summed E-state index contributed by atoms with van der Waals surface area (Å²) in [5.41, 5.74) is 7.13. The highest BCUT2D eigenvalue weighted by atomic mass is 127. The highest BCUT2D eigenvalue weighted by molar-refractivity contribution is 14.1. The molecule has 2 heterocycles. The molecule has 0 bridgehead atoms. The molecule has 0 spiro atoms. The van der Waals surface area contributed by atoms with Crippen LogP contribution in [0.25, 0.3) is 0 Å². The van der Waals surface area contributed by atoms with Crippen LogP contribution in [0.1, 0.15) is 41.1 Å². The van der Waals surface area contributed by atoms with Gasteiger partial charge in [0.25, 0.3) is 0 Å². The highest BCUT2D eigenvalue weighted by Crippen LogP contribution is 2.25. The third-order valence-corrected chi connectivity index (χ3v) is 5.25. The van der Waals surface area contributed by atoms with E-state index in [2.05, 4.69) is 39.7 Å². The van der Waals surface area contributed by atoms with Gasteiger partial charge in [0.1, 0.15) is 3.70 Å². The van der Waals surface area contributed by atoms with E-state index in [1.165, 1.54) is 70.4 Å². The van der Waals surface area contributed by atoms with Crippen molar-refractivity contribution in [2.24, 2.45) is 14.1 Å². The Balaban J connectivity index is 0.000000121. The number of halogens is 1. The lowest BCUT2D eigenvalue weighted by molar-refractivity contribution is 0.698. The summed E-state index contributed by atoms with van der Waals surface area (Å²) in [6.45, 7) is 2.10. The monoisotopic (exact) mass is 384 g/mol. The van der Waals surface area contributed by atoms with Crippen molar-refractivity contribution in [3.05, 3.63) is 31.9 Å². The Bertz CT molecular complexity index is 534. The van der Waals surface area contributed by atoms with Gasteiger partial charge in [-0.3, -0.25) is 9.36 Å².